The van der Waals surface area contributed by atoms with Crippen molar-refractivity contribution in [1.29, 1.82) is 0 Å². The van der Waals surface area contributed by atoms with Crippen LogP contribution < -0.4 is 37.9 Å². The molecule has 16 nitrogen and oxygen atoms in total. The number of benzene rings is 3. The molecule has 0 radical (unpaired) electrons. The normalized spacial score (nSPS) is 13.2. The molecule has 0 saturated carbocycles. The fourth-order valence-electron chi connectivity index (χ4n) is 6.07. The highest BCUT2D eigenvalue weighted by Gasteiger charge is 2.34. The minimum atomic E-state index is -1.32. The number of nitrogens with one attached hydrogen (secondary N) is 7. The number of hydrogen-bond donors (Lipinski definition) is 8. The van der Waals surface area contributed by atoms with E-state index in [1.54, 1.807) is 30.5 Å². The van der Waals surface area contributed by atoms with Gasteiger partial charge >= 0.3 is 6.09 Å². The average Bonchev–Trinajstić information content (AvgIpc) is 3.74. The van der Waals surface area contributed by atoms with Crippen LogP contribution in [0, 0.1) is 0 Å². The minimum absolute atomic E-state index is 0.00691. The molecule has 0 saturated heterocycles. The summed E-state index contributed by atoms with van der Waals surface area (Å²) in [5, 5.41) is 13.0. The first-order valence-electron chi connectivity index (χ1n) is 20.0. The van der Waals surface area contributed by atoms with Crippen LogP contribution in [0.4, 0.5) is 4.79 Å². The number of unbranched alkanes of at least 4 members (excludes halogenated alkanes) is 2. The topological polar surface area (TPSA) is 239 Å². The van der Waals surface area contributed by atoms with E-state index in [1.807, 2.05) is 62.4 Å². The Morgan fingerprint density at radius 3 is 1.88 bits per heavy atom. The lowest BCUT2D eigenvalue weighted by atomic mass is 9.99. The second kappa shape index (κ2) is 22.6. The van der Waals surface area contributed by atoms with E-state index < -0.39 is 65.3 Å². The lowest BCUT2D eigenvalue weighted by Gasteiger charge is -2.28. The molecular weight excluding hydrogens is 755 g/mol. The highest BCUT2D eigenvalue weighted by molar-refractivity contribution is 5.97. The molecule has 0 spiro atoms. The Labute approximate surface area is 344 Å². The Morgan fingerprint density at radius 2 is 1.27 bits per heavy atom. The molecule has 3 aromatic carbocycles. The number of nitrogens with two attached hydrogens (primary N) is 1. The van der Waals surface area contributed by atoms with E-state index in [-0.39, 0.29) is 32.3 Å². The number of ether oxygens (including phenoxy) is 1. The Hall–Kier alpha value is -6.29. The van der Waals surface area contributed by atoms with Crippen LogP contribution in [-0.2, 0) is 48.0 Å². The van der Waals surface area contributed by atoms with Crippen LogP contribution in [0.2, 0.25) is 0 Å². The fraction of sp³-hybridized carbons (Fsp3) is 0.419. The molecule has 1 unspecified atom stereocenters. The van der Waals surface area contributed by atoms with E-state index in [1.165, 1.54) is 20.2 Å². The van der Waals surface area contributed by atoms with Crippen molar-refractivity contribution in [3.8, 4) is 0 Å². The van der Waals surface area contributed by atoms with Gasteiger partial charge in [0.25, 0.3) is 5.91 Å². The lowest BCUT2D eigenvalue weighted by molar-refractivity contribution is -0.135. The van der Waals surface area contributed by atoms with Gasteiger partial charge in [-0.25, -0.2) is 15.2 Å². The number of carbonyl (C=O) groups is 6. The maximum atomic E-state index is 14.5. The summed E-state index contributed by atoms with van der Waals surface area (Å²) in [7, 11) is 0. The third-order valence-electron chi connectivity index (χ3n) is 9.48. The van der Waals surface area contributed by atoms with Gasteiger partial charge in [0.15, 0.2) is 0 Å². The first-order chi connectivity index (χ1) is 28.3. The molecule has 6 amide bonds. The van der Waals surface area contributed by atoms with Gasteiger partial charge in [-0.05, 0) is 48.6 Å². The number of hydrazine groups is 1. The van der Waals surface area contributed by atoms with Gasteiger partial charge in [0.05, 0.1) is 24.2 Å². The summed E-state index contributed by atoms with van der Waals surface area (Å²) in [4.78, 5) is 88.2. The van der Waals surface area contributed by atoms with Gasteiger partial charge in [-0.3, -0.25) is 29.4 Å². The number of imidazole rings is 1. The molecule has 59 heavy (non-hydrogen) atoms. The number of hydrogen-bond acceptors (Lipinski definition) is 9. The molecule has 0 aliphatic rings. The SMILES string of the molecule is CCCCOC(=O)NNC(=O)C(CCCC)NC(=O)[C@@H](Cc1ccccc1)NC(=O)[C@@H](Cc1ccc2ccccc2c1)NC(=O)[C@H](Cc1c[nH]cn1)NC(=O)C(C)(C)N. The largest absolute Gasteiger partial charge is 0.448 e. The Bertz CT molecular complexity index is 2000. The van der Waals surface area contributed by atoms with Crippen molar-refractivity contribution in [2.75, 3.05) is 6.61 Å². The van der Waals surface area contributed by atoms with Crippen LogP contribution in [0.5, 0.6) is 0 Å². The van der Waals surface area contributed by atoms with Gasteiger partial charge in [-0.2, -0.15) is 0 Å². The molecule has 9 N–H and O–H groups in total. The number of H-pyrrole nitrogens is 1. The number of nitrogens with zero attached hydrogens (tertiary/aromatic N) is 1. The summed E-state index contributed by atoms with van der Waals surface area (Å²) >= 11 is 0. The zero-order valence-electron chi connectivity index (χ0n) is 34.1. The standard InChI is InChI=1S/C43H57N9O7/c1-5-7-18-33(40(56)51-52-42(58)59-21-8-6-2)47-37(53)34(23-28-14-10-9-11-15-28)48-38(54)35(24-29-19-20-30-16-12-13-17-31(30)22-29)49-39(55)36(25-32-26-45-27-46-32)50-41(57)43(3,4)44/h9-17,19-20,22,26-27,33-36H,5-8,18,21,23-25,44H2,1-4H3,(H,45,46)(H,47,53)(H,48,54)(H,49,55)(H,50,57)(H,51,56)(H,52,58)/t33?,34-,35-,36+/m1/s1. The molecule has 0 aliphatic carbocycles. The smallest absolute Gasteiger partial charge is 0.426 e. The van der Waals surface area contributed by atoms with Crippen LogP contribution in [0.15, 0.2) is 85.3 Å². The highest BCUT2D eigenvalue weighted by Crippen LogP contribution is 2.18. The van der Waals surface area contributed by atoms with Crippen molar-refractivity contribution in [2.24, 2.45) is 5.73 Å². The quantitative estimate of drug-likeness (QED) is 0.0455. The molecule has 1 heterocycles. The van der Waals surface area contributed by atoms with Gasteiger partial charge in [-0.1, -0.05) is 106 Å². The van der Waals surface area contributed by atoms with Gasteiger partial charge in [0.2, 0.25) is 23.6 Å². The van der Waals surface area contributed by atoms with Crippen molar-refractivity contribution < 1.29 is 33.5 Å². The minimum Gasteiger partial charge on any atom is -0.448 e. The molecule has 1 aromatic heterocycles. The highest BCUT2D eigenvalue weighted by atomic mass is 16.6. The third-order valence-corrected chi connectivity index (χ3v) is 9.48. The number of aromatic amines is 1. The van der Waals surface area contributed by atoms with Crippen molar-refractivity contribution in [1.82, 2.24) is 42.1 Å². The van der Waals surface area contributed by atoms with Crippen LogP contribution in [0.25, 0.3) is 10.8 Å². The molecule has 316 valence electrons. The predicted molar refractivity (Wildman–Crippen MR) is 223 cm³/mol. The van der Waals surface area contributed by atoms with E-state index in [2.05, 4.69) is 42.1 Å². The van der Waals surface area contributed by atoms with E-state index in [0.717, 1.165) is 34.7 Å². The molecule has 0 bridgehead atoms. The van der Waals surface area contributed by atoms with E-state index in [9.17, 15) is 28.8 Å². The summed E-state index contributed by atoms with van der Waals surface area (Å²) in [6, 6.07) is 17.8. The second-order valence-electron chi connectivity index (χ2n) is 15.0. The third kappa shape index (κ3) is 14.9. The summed E-state index contributed by atoms with van der Waals surface area (Å²) in [6.45, 7) is 7.08. The van der Waals surface area contributed by atoms with Crippen LogP contribution in [0.3, 0.4) is 0 Å². The first kappa shape index (κ1) is 45.4. The molecule has 4 aromatic rings. The Morgan fingerprint density at radius 1 is 0.678 bits per heavy atom. The Kier molecular flexibility index (Phi) is 17.4. The monoisotopic (exact) mass is 811 g/mol. The summed E-state index contributed by atoms with van der Waals surface area (Å²) in [5.74, 6) is -3.27. The number of amides is 6. The van der Waals surface area contributed by atoms with E-state index in [0.29, 0.717) is 18.5 Å². The fourth-order valence-corrected chi connectivity index (χ4v) is 6.07. The maximum absolute atomic E-state index is 14.5. The molecule has 0 aliphatic heterocycles. The zero-order chi connectivity index (χ0) is 42.8. The maximum Gasteiger partial charge on any atom is 0.426 e. The number of rotatable bonds is 21. The van der Waals surface area contributed by atoms with Gasteiger partial charge < -0.3 is 36.7 Å². The Balaban J connectivity index is 1.62. The van der Waals surface area contributed by atoms with Gasteiger partial charge in [0, 0.05) is 25.5 Å². The lowest BCUT2D eigenvalue weighted by Crippen LogP contribution is -2.61. The van der Waals surface area contributed by atoms with Crippen LogP contribution in [-0.4, -0.2) is 81.9 Å². The van der Waals surface area contributed by atoms with Gasteiger partial charge in [-0.15, -0.1) is 0 Å². The molecule has 4 atom stereocenters. The zero-order valence-corrected chi connectivity index (χ0v) is 34.1. The van der Waals surface area contributed by atoms with Crippen molar-refractivity contribution in [2.45, 2.75) is 109 Å². The summed E-state index contributed by atoms with van der Waals surface area (Å²) in [5.41, 5.74) is 11.2. The summed E-state index contributed by atoms with van der Waals surface area (Å²) in [6.07, 6.45) is 5.29. The summed E-state index contributed by atoms with van der Waals surface area (Å²) < 4.78 is 5.05. The van der Waals surface area contributed by atoms with Crippen LogP contribution in [0.1, 0.15) is 76.6 Å². The van der Waals surface area contributed by atoms with E-state index in [4.69, 9.17) is 10.5 Å². The van der Waals surface area contributed by atoms with Crippen molar-refractivity contribution in [3.05, 3.63) is 102 Å². The second-order valence-corrected chi connectivity index (χ2v) is 15.0. The van der Waals surface area contributed by atoms with E-state index >= 15 is 0 Å². The average molecular weight is 812 g/mol. The van der Waals surface area contributed by atoms with Crippen LogP contribution >= 0.6 is 0 Å². The molecule has 4 rings (SSSR count). The molecule has 16 heteroatoms. The predicted octanol–water partition coefficient (Wildman–Crippen LogP) is 3.02. The van der Waals surface area contributed by atoms with Crippen molar-refractivity contribution >= 4 is 46.4 Å². The number of fused-ring (bicyclic) bond motifs is 1. The van der Waals surface area contributed by atoms with Gasteiger partial charge in [0.1, 0.15) is 24.2 Å². The van der Waals surface area contributed by atoms with Crippen molar-refractivity contribution in [3.63, 3.8) is 0 Å². The number of carbonyl (C=O) groups excluding carboxylic acids is 6. The molecular formula is C43H57N9O7. The first-order valence-corrected chi connectivity index (χ1v) is 20.0. The number of aromatic nitrogens is 2. The molecule has 0 fully saturated rings.